The van der Waals surface area contributed by atoms with Gasteiger partial charge in [0.2, 0.25) is 5.88 Å². The lowest BCUT2D eigenvalue weighted by Crippen LogP contribution is -2.37. The van der Waals surface area contributed by atoms with E-state index in [0.717, 1.165) is 44.5 Å². The van der Waals surface area contributed by atoms with E-state index in [0.29, 0.717) is 23.8 Å². The van der Waals surface area contributed by atoms with Gasteiger partial charge in [-0.1, -0.05) is 32.9 Å². The molecule has 0 radical (unpaired) electrons. The lowest BCUT2D eigenvalue weighted by molar-refractivity contribution is 0.0787. The Morgan fingerprint density at radius 2 is 1.94 bits per heavy atom. The van der Waals surface area contributed by atoms with Gasteiger partial charge in [0.15, 0.2) is 5.56 Å². The Morgan fingerprint density at radius 1 is 1.26 bits per heavy atom. The minimum atomic E-state index is -0.540. The van der Waals surface area contributed by atoms with Gasteiger partial charge in [-0.3, -0.25) is 14.2 Å². The number of ether oxygens (including phenoxy) is 1. The molecule has 3 heterocycles. The highest BCUT2D eigenvalue weighted by Crippen LogP contribution is 2.28. The predicted molar refractivity (Wildman–Crippen MR) is 118 cm³/mol. The molecule has 2 N–H and O–H groups in total. The lowest BCUT2D eigenvalue weighted by atomic mass is 9.96. The van der Waals surface area contributed by atoms with Crippen LogP contribution in [0.3, 0.4) is 0 Å². The molecule has 2 aromatic heterocycles. The SMILES string of the molecule is Cc1nn2c(O)c(C(=O)NC3CC3)c(=O)n(CC(C)(C)C)c2c1C=CC1CCOCC1. The quantitative estimate of drug-likeness (QED) is 0.763. The Bertz CT molecular complexity index is 1080. The van der Waals surface area contributed by atoms with Gasteiger partial charge < -0.3 is 15.2 Å². The zero-order valence-electron chi connectivity index (χ0n) is 18.8. The summed E-state index contributed by atoms with van der Waals surface area (Å²) in [5, 5.41) is 18.2. The predicted octanol–water partition coefficient (Wildman–Crippen LogP) is 2.89. The number of aromatic nitrogens is 3. The summed E-state index contributed by atoms with van der Waals surface area (Å²) in [6, 6.07) is 0.0791. The second-order valence-corrected chi connectivity index (χ2v) is 9.94. The molecule has 1 aliphatic carbocycles. The van der Waals surface area contributed by atoms with Gasteiger partial charge in [-0.15, -0.1) is 0 Å². The monoisotopic (exact) mass is 428 g/mol. The fourth-order valence-corrected chi connectivity index (χ4v) is 4.01. The Kier molecular flexibility index (Phi) is 5.68. The van der Waals surface area contributed by atoms with Crippen molar-refractivity contribution in [3.63, 3.8) is 0 Å². The summed E-state index contributed by atoms with van der Waals surface area (Å²) in [5.41, 5.74) is 1.05. The first-order chi connectivity index (χ1) is 14.7. The topological polar surface area (TPSA) is 97.9 Å². The molecule has 4 rings (SSSR count). The van der Waals surface area contributed by atoms with E-state index in [1.165, 1.54) is 4.52 Å². The molecular weight excluding hydrogens is 396 g/mol. The molecular formula is C23H32N4O4. The smallest absolute Gasteiger partial charge is 0.270 e. The zero-order valence-corrected chi connectivity index (χ0v) is 18.8. The van der Waals surface area contributed by atoms with Crippen LogP contribution < -0.4 is 10.9 Å². The zero-order chi connectivity index (χ0) is 22.3. The molecule has 1 saturated carbocycles. The van der Waals surface area contributed by atoms with Gasteiger partial charge in [-0.25, -0.2) is 0 Å². The van der Waals surface area contributed by atoms with Crippen LogP contribution in [0, 0.1) is 18.3 Å². The molecule has 2 aromatic rings. The van der Waals surface area contributed by atoms with Crippen molar-refractivity contribution in [3.05, 3.63) is 33.3 Å². The van der Waals surface area contributed by atoms with Gasteiger partial charge in [-0.2, -0.15) is 9.61 Å². The van der Waals surface area contributed by atoms with E-state index in [1.54, 1.807) is 4.57 Å². The van der Waals surface area contributed by atoms with Crippen molar-refractivity contribution in [1.29, 1.82) is 0 Å². The van der Waals surface area contributed by atoms with Crippen molar-refractivity contribution in [2.45, 2.75) is 66.0 Å². The number of nitrogens with zero attached hydrogens (tertiary/aromatic N) is 3. The Balaban J connectivity index is 1.87. The molecule has 1 saturated heterocycles. The van der Waals surface area contributed by atoms with Gasteiger partial charge in [-0.05, 0) is 43.9 Å². The van der Waals surface area contributed by atoms with E-state index >= 15 is 0 Å². The van der Waals surface area contributed by atoms with Crippen LogP contribution in [-0.2, 0) is 11.3 Å². The number of hydrogen-bond donors (Lipinski definition) is 2. The van der Waals surface area contributed by atoms with Crippen molar-refractivity contribution in [2.24, 2.45) is 11.3 Å². The molecule has 8 heteroatoms. The number of rotatable bonds is 5. The molecule has 2 fully saturated rings. The summed E-state index contributed by atoms with van der Waals surface area (Å²) < 4.78 is 8.37. The minimum absolute atomic E-state index is 0.0791. The maximum absolute atomic E-state index is 13.5. The second-order valence-electron chi connectivity index (χ2n) is 9.94. The largest absolute Gasteiger partial charge is 0.492 e. The van der Waals surface area contributed by atoms with Crippen molar-refractivity contribution < 1.29 is 14.6 Å². The van der Waals surface area contributed by atoms with Crippen LogP contribution in [0.5, 0.6) is 5.88 Å². The van der Waals surface area contributed by atoms with Crippen molar-refractivity contribution >= 4 is 17.6 Å². The molecule has 168 valence electrons. The fourth-order valence-electron chi connectivity index (χ4n) is 4.01. The highest BCUT2D eigenvalue weighted by molar-refractivity contribution is 5.96. The van der Waals surface area contributed by atoms with E-state index in [4.69, 9.17) is 4.74 Å². The average molecular weight is 429 g/mol. The van der Waals surface area contributed by atoms with Crippen LogP contribution >= 0.6 is 0 Å². The number of amides is 1. The summed E-state index contributed by atoms with van der Waals surface area (Å²) in [5.74, 6) is -0.540. The van der Waals surface area contributed by atoms with E-state index in [-0.39, 0.29) is 17.0 Å². The van der Waals surface area contributed by atoms with Gasteiger partial charge in [0.25, 0.3) is 11.5 Å². The number of fused-ring (bicyclic) bond motifs is 1. The van der Waals surface area contributed by atoms with Crippen LogP contribution in [0.4, 0.5) is 0 Å². The summed E-state index contributed by atoms with van der Waals surface area (Å²) in [7, 11) is 0. The third-order valence-corrected chi connectivity index (χ3v) is 5.79. The van der Waals surface area contributed by atoms with Gasteiger partial charge in [0.1, 0.15) is 5.65 Å². The maximum atomic E-state index is 13.5. The normalized spacial score (nSPS) is 18.2. The number of hydrogen-bond acceptors (Lipinski definition) is 5. The summed E-state index contributed by atoms with van der Waals surface area (Å²) in [4.78, 5) is 26.2. The lowest BCUT2D eigenvalue weighted by Gasteiger charge is -2.22. The first-order valence-electron chi connectivity index (χ1n) is 11.1. The molecule has 2 aliphatic rings. The second kappa shape index (κ2) is 8.15. The molecule has 0 bridgehead atoms. The van der Waals surface area contributed by atoms with Crippen LogP contribution in [-0.4, -0.2) is 44.5 Å². The number of carbonyl (C=O) groups excluding carboxylic acids is 1. The van der Waals surface area contributed by atoms with E-state index in [9.17, 15) is 14.7 Å². The fraction of sp³-hybridized carbons (Fsp3) is 0.609. The molecule has 0 unspecified atom stereocenters. The number of aromatic hydroxyl groups is 1. The first kappa shape index (κ1) is 21.6. The summed E-state index contributed by atoms with van der Waals surface area (Å²) in [6.45, 7) is 9.85. The van der Waals surface area contributed by atoms with Gasteiger partial charge in [0.05, 0.1) is 5.69 Å². The van der Waals surface area contributed by atoms with Gasteiger partial charge >= 0.3 is 0 Å². The molecule has 31 heavy (non-hydrogen) atoms. The maximum Gasteiger partial charge on any atom is 0.270 e. The molecule has 0 atom stereocenters. The molecule has 1 amide bonds. The molecule has 1 aliphatic heterocycles. The first-order valence-corrected chi connectivity index (χ1v) is 11.1. The van der Waals surface area contributed by atoms with E-state index < -0.39 is 17.3 Å². The van der Waals surface area contributed by atoms with Crippen molar-refractivity contribution in [3.8, 4) is 5.88 Å². The highest BCUT2D eigenvalue weighted by atomic mass is 16.5. The van der Waals surface area contributed by atoms with E-state index in [1.807, 2.05) is 33.8 Å². The van der Waals surface area contributed by atoms with Gasteiger partial charge in [0, 0.05) is 31.4 Å². The Labute approximate surface area is 181 Å². The standard InChI is InChI=1S/C23H32N4O4/c1-14-17(8-5-15-9-11-31-12-10-15)20-26(13-23(2,3)4)21(29)18(22(30)27(20)25-14)19(28)24-16-6-7-16/h5,8,15-16,30H,6-7,9-13H2,1-4H3,(H,24,28). The van der Waals surface area contributed by atoms with Crippen LogP contribution in [0.25, 0.3) is 11.7 Å². The van der Waals surface area contributed by atoms with Crippen LogP contribution in [0.15, 0.2) is 10.9 Å². The number of carbonyl (C=O) groups is 1. The van der Waals surface area contributed by atoms with Crippen molar-refractivity contribution in [1.82, 2.24) is 19.5 Å². The van der Waals surface area contributed by atoms with Crippen LogP contribution in [0.2, 0.25) is 0 Å². The third-order valence-electron chi connectivity index (χ3n) is 5.79. The molecule has 0 spiro atoms. The Morgan fingerprint density at radius 3 is 2.55 bits per heavy atom. The summed E-state index contributed by atoms with van der Waals surface area (Å²) >= 11 is 0. The molecule has 8 nitrogen and oxygen atoms in total. The average Bonchev–Trinajstić information content (AvgIpc) is 3.44. The van der Waals surface area contributed by atoms with Crippen molar-refractivity contribution in [2.75, 3.05) is 13.2 Å². The molecule has 0 aromatic carbocycles. The number of aryl methyl sites for hydroxylation is 1. The third kappa shape index (κ3) is 4.54. The minimum Gasteiger partial charge on any atom is -0.492 e. The number of nitrogens with one attached hydrogen (secondary N) is 1. The van der Waals surface area contributed by atoms with E-state index in [2.05, 4.69) is 16.5 Å². The number of allylic oxidation sites excluding steroid dienone is 1. The highest BCUT2D eigenvalue weighted by Gasteiger charge is 2.31. The summed E-state index contributed by atoms with van der Waals surface area (Å²) in [6.07, 6.45) is 7.85. The Hall–Kier alpha value is -2.61. The van der Waals surface area contributed by atoms with Crippen LogP contribution in [0.1, 0.15) is 68.1 Å².